The lowest BCUT2D eigenvalue weighted by Crippen LogP contribution is -1.73. The van der Waals surface area contributed by atoms with Gasteiger partial charge in [0, 0.05) is 18.7 Å². The van der Waals surface area contributed by atoms with Gasteiger partial charge in [-0.15, -0.1) is 0 Å². The third-order valence-electron chi connectivity index (χ3n) is 0.933. The molecule has 0 aromatic carbocycles. The lowest BCUT2D eigenvalue weighted by atomic mass is 10.5. The maximum atomic E-state index is 10.5. The SMILES string of the molecule is CC#CC#CC#CC#CC#CC#CSC(C)=O. The fourth-order valence-corrected chi connectivity index (χ4v) is 0.681. The van der Waals surface area contributed by atoms with E-state index >= 15 is 0 Å². The van der Waals surface area contributed by atoms with Crippen LogP contribution in [0.5, 0.6) is 0 Å². The number of hydrogen-bond acceptors (Lipinski definition) is 2. The lowest BCUT2D eigenvalue weighted by Gasteiger charge is -1.72. The minimum Gasteiger partial charge on any atom is -0.287 e. The summed E-state index contributed by atoms with van der Waals surface area (Å²) in [4.78, 5) is 10.5. The molecule has 0 fully saturated rings. The molecule has 0 aliphatic carbocycles. The molecule has 0 spiro atoms. The second-order valence-corrected chi connectivity index (χ2v) is 3.18. The predicted octanol–water partition coefficient (Wildman–Crippen LogP) is 1.26. The number of rotatable bonds is 0. The minimum absolute atomic E-state index is 0.0648. The van der Waals surface area contributed by atoms with E-state index in [1.165, 1.54) is 6.92 Å². The molecule has 0 aliphatic rings. The summed E-state index contributed by atoms with van der Waals surface area (Å²) in [6, 6.07) is 0. The van der Waals surface area contributed by atoms with Gasteiger partial charge >= 0.3 is 0 Å². The first-order chi connectivity index (χ1) is 8.27. The van der Waals surface area contributed by atoms with Gasteiger partial charge in [-0.25, -0.2) is 0 Å². The molecule has 0 rings (SSSR count). The molecule has 1 nitrogen and oxygen atoms in total. The molecule has 0 aliphatic heterocycles. The van der Waals surface area contributed by atoms with Crippen LogP contribution in [0.2, 0.25) is 0 Å². The molecule has 0 aromatic heterocycles. The second-order valence-electron chi connectivity index (χ2n) is 2.20. The van der Waals surface area contributed by atoms with E-state index in [0.717, 1.165) is 11.8 Å². The van der Waals surface area contributed by atoms with Crippen molar-refractivity contribution in [1.29, 1.82) is 0 Å². The summed E-state index contributed by atoms with van der Waals surface area (Å²) in [5.74, 6) is 27.5. The van der Waals surface area contributed by atoms with Gasteiger partial charge in [-0.05, 0) is 71.4 Å². The summed E-state index contributed by atoms with van der Waals surface area (Å²) in [7, 11) is 0. The van der Waals surface area contributed by atoms with E-state index in [1.807, 2.05) is 0 Å². The first-order valence-electron chi connectivity index (χ1n) is 4.36. The lowest BCUT2D eigenvalue weighted by molar-refractivity contribution is -0.109. The highest BCUT2D eigenvalue weighted by Crippen LogP contribution is 1.94. The van der Waals surface area contributed by atoms with Crippen LogP contribution in [0.1, 0.15) is 13.8 Å². The van der Waals surface area contributed by atoms with Gasteiger partial charge in [0.15, 0.2) is 5.12 Å². The monoisotopic (exact) mass is 234 g/mol. The fourth-order valence-electron chi connectivity index (χ4n) is 0.435. The molecule has 0 amide bonds. The average molecular weight is 234 g/mol. The van der Waals surface area contributed by atoms with Gasteiger partial charge in [0.25, 0.3) is 0 Å². The Balaban J connectivity index is 4.17. The average Bonchev–Trinajstić information content (AvgIpc) is 2.30. The van der Waals surface area contributed by atoms with Crippen LogP contribution in [0.4, 0.5) is 0 Å². The Morgan fingerprint density at radius 2 is 1.18 bits per heavy atom. The summed E-state index contributed by atoms with van der Waals surface area (Å²) in [5.41, 5.74) is 0. The van der Waals surface area contributed by atoms with Crippen molar-refractivity contribution < 1.29 is 4.79 Å². The topological polar surface area (TPSA) is 17.1 Å². The van der Waals surface area contributed by atoms with E-state index in [9.17, 15) is 4.79 Å². The summed E-state index contributed by atoms with van der Waals surface area (Å²) in [5, 5.41) is 2.45. The molecule has 0 unspecified atom stereocenters. The standard InChI is InChI=1S/C15H6OS/c1-3-4-5-6-7-8-9-10-11-12-13-14-17-15(2)16/h1-2H3. The van der Waals surface area contributed by atoms with E-state index in [1.54, 1.807) is 6.92 Å². The van der Waals surface area contributed by atoms with Crippen LogP contribution in [-0.4, -0.2) is 5.12 Å². The Labute approximate surface area is 106 Å². The van der Waals surface area contributed by atoms with Crippen molar-refractivity contribution >= 4 is 16.9 Å². The Morgan fingerprint density at radius 1 is 0.765 bits per heavy atom. The molecule has 2 heteroatoms. The van der Waals surface area contributed by atoms with Crippen LogP contribution in [0.3, 0.4) is 0 Å². The van der Waals surface area contributed by atoms with Crippen LogP contribution in [0.15, 0.2) is 0 Å². The molecule has 0 aromatic rings. The van der Waals surface area contributed by atoms with E-state index < -0.39 is 0 Å². The zero-order chi connectivity index (χ0) is 12.8. The Bertz CT molecular complexity index is 645. The van der Waals surface area contributed by atoms with E-state index in [4.69, 9.17) is 0 Å². The van der Waals surface area contributed by atoms with Crippen molar-refractivity contribution in [3.8, 4) is 70.4 Å². The molecule has 0 saturated carbocycles. The zero-order valence-electron chi connectivity index (χ0n) is 9.32. The van der Waals surface area contributed by atoms with Crippen molar-refractivity contribution in [3.05, 3.63) is 0 Å². The van der Waals surface area contributed by atoms with Crippen LogP contribution in [0.25, 0.3) is 0 Å². The van der Waals surface area contributed by atoms with Crippen molar-refractivity contribution in [2.75, 3.05) is 0 Å². The minimum atomic E-state index is -0.0648. The quantitative estimate of drug-likeness (QED) is 0.587. The molecule has 0 radical (unpaired) electrons. The molecule has 17 heavy (non-hydrogen) atoms. The molecular weight excluding hydrogens is 228 g/mol. The highest BCUT2D eigenvalue weighted by molar-refractivity contribution is 8.17. The summed E-state index contributed by atoms with van der Waals surface area (Å²) in [6.45, 7) is 3.13. The third kappa shape index (κ3) is 13.4. The zero-order valence-corrected chi connectivity index (χ0v) is 10.1. The normalized spacial score (nSPS) is 5.06. The van der Waals surface area contributed by atoms with Crippen molar-refractivity contribution in [3.63, 3.8) is 0 Å². The Kier molecular flexibility index (Phi) is 9.69. The highest BCUT2D eigenvalue weighted by Gasteiger charge is 1.83. The van der Waals surface area contributed by atoms with E-state index in [0.29, 0.717) is 0 Å². The Hall–Kier alpha value is -2.62. The van der Waals surface area contributed by atoms with Gasteiger partial charge in [0.05, 0.1) is 0 Å². The summed E-state index contributed by atoms with van der Waals surface area (Å²) >= 11 is 0.901. The second kappa shape index (κ2) is 11.5. The highest BCUT2D eigenvalue weighted by atomic mass is 32.2. The van der Waals surface area contributed by atoms with Crippen LogP contribution in [-0.2, 0) is 4.79 Å². The maximum Gasteiger partial charge on any atom is 0.198 e. The van der Waals surface area contributed by atoms with Gasteiger partial charge in [0.2, 0.25) is 0 Å². The van der Waals surface area contributed by atoms with Crippen LogP contribution in [0, 0.1) is 70.4 Å². The van der Waals surface area contributed by atoms with Gasteiger partial charge in [0.1, 0.15) is 0 Å². The first kappa shape index (κ1) is 14.4. The van der Waals surface area contributed by atoms with Gasteiger partial charge in [-0.2, -0.15) is 0 Å². The van der Waals surface area contributed by atoms with Crippen molar-refractivity contribution in [1.82, 2.24) is 0 Å². The van der Waals surface area contributed by atoms with E-state index in [2.05, 4.69) is 70.4 Å². The molecule has 0 saturated heterocycles. The van der Waals surface area contributed by atoms with Gasteiger partial charge in [-0.1, -0.05) is 5.92 Å². The molecule has 78 valence electrons. The van der Waals surface area contributed by atoms with Gasteiger partial charge < -0.3 is 0 Å². The summed E-state index contributed by atoms with van der Waals surface area (Å²) in [6.07, 6.45) is 0. The smallest absolute Gasteiger partial charge is 0.198 e. The molecule has 0 N–H and O–H groups in total. The number of carbonyl (C=O) groups is 1. The number of carbonyl (C=O) groups excluding carboxylic acids is 1. The fraction of sp³-hybridized carbons (Fsp3) is 0.133. The number of thioether (sulfide) groups is 1. The first-order valence-corrected chi connectivity index (χ1v) is 5.18. The van der Waals surface area contributed by atoms with Crippen molar-refractivity contribution in [2.45, 2.75) is 13.8 Å². The number of hydrogen-bond donors (Lipinski definition) is 0. The summed E-state index contributed by atoms with van der Waals surface area (Å²) < 4.78 is 0. The van der Waals surface area contributed by atoms with Crippen LogP contribution < -0.4 is 0 Å². The van der Waals surface area contributed by atoms with Gasteiger partial charge in [-0.3, -0.25) is 4.79 Å². The molecule has 0 bridgehead atoms. The predicted molar refractivity (Wildman–Crippen MR) is 70.6 cm³/mol. The molecule has 0 heterocycles. The Morgan fingerprint density at radius 3 is 1.59 bits per heavy atom. The molecular formula is C15H6OS. The largest absolute Gasteiger partial charge is 0.287 e. The molecule has 0 atom stereocenters. The van der Waals surface area contributed by atoms with E-state index in [-0.39, 0.29) is 5.12 Å². The third-order valence-corrected chi connectivity index (χ3v) is 1.42. The maximum absolute atomic E-state index is 10.5. The van der Waals surface area contributed by atoms with Crippen LogP contribution >= 0.6 is 11.8 Å². The van der Waals surface area contributed by atoms with Crippen molar-refractivity contribution in [2.24, 2.45) is 0 Å².